The molecule has 1 aliphatic heterocycles. The maximum atomic E-state index is 9.71. The number of rotatable bonds is 14. The maximum absolute atomic E-state index is 9.71. The second kappa shape index (κ2) is 13.5. The third-order valence-electron chi connectivity index (χ3n) is 4.13. The molecule has 1 unspecified atom stereocenters. The predicted molar refractivity (Wildman–Crippen MR) is 97.3 cm³/mol. The van der Waals surface area contributed by atoms with E-state index in [1.54, 1.807) is 11.8 Å². The zero-order chi connectivity index (χ0) is 16.9. The number of hydrogen-bond acceptors (Lipinski definition) is 5. The summed E-state index contributed by atoms with van der Waals surface area (Å²) >= 11 is 1.78. The fourth-order valence-electron chi connectivity index (χ4n) is 2.66. The van der Waals surface area contributed by atoms with Crippen molar-refractivity contribution >= 4 is 11.8 Å². The molecule has 0 radical (unpaired) electrons. The van der Waals surface area contributed by atoms with Crippen LogP contribution in [0.1, 0.15) is 59.3 Å². The summed E-state index contributed by atoms with van der Waals surface area (Å²) in [5, 5.41) is 10.1. The average molecular weight is 349 g/mol. The van der Waals surface area contributed by atoms with Crippen molar-refractivity contribution in [1.29, 1.82) is 0 Å². The van der Waals surface area contributed by atoms with Gasteiger partial charge in [-0.25, -0.2) is 0 Å². The summed E-state index contributed by atoms with van der Waals surface area (Å²) in [7, 11) is 0. The number of unbranched alkanes of at least 4 members (excludes halogenated alkanes) is 3. The van der Waals surface area contributed by atoms with Gasteiger partial charge in [-0.3, -0.25) is 0 Å². The lowest BCUT2D eigenvalue weighted by molar-refractivity contribution is -0.0777. The highest BCUT2D eigenvalue weighted by Gasteiger charge is 2.45. The number of aliphatic hydroxyl groups is 1. The monoisotopic (exact) mass is 348 g/mol. The second-order valence-corrected chi connectivity index (χ2v) is 7.69. The minimum atomic E-state index is -0.0202. The van der Waals surface area contributed by atoms with Crippen LogP contribution in [0.25, 0.3) is 0 Å². The van der Waals surface area contributed by atoms with Crippen molar-refractivity contribution in [2.75, 3.05) is 33.0 Å². The molecule has 1 aliphatic rings. The Morgan fingerprint density at radius 1 is 0.783 bits per heavy atom. The van der Waals surface area contributed by atoms with Crippen molar-refractivity contribution < 1.29 is 19.3 Å². The van der Waals surface area contributed by atoms with Crippen LogP contribution in [0.5, 0.6) is 0 Å². The predicted octanol–water partition coefficient (Wildman–Crippen LogP) is 3.65. The second-order valence-electron chi connectivity index (χ2n) is 6.20. The van der Waals surface area contributed by atoms with Gasteiger partial charge >= 0.3 is 0 Å². The molecule has 0 saturated carbocycles. The molecule has 4 nitrogen and oxygen atoms in total. The van der Waals surface area contributed by atoms with Crippen molar-refractivity contribution in [2.45, 2.75) is 82.0 Å². The highest BCUT2D eigenvalue weighted by atomic mass is 32.2. The highest BCUT2D eigenvalue weighted by molar-refractivity contribution is 8.01. The summed E-state index contributed by atoms with van der Waals surface area (Å²) in [4.78, 5) is 0. The van der Waals surface area contributed by atoms with Gasteiger partial charge in [-0.1, -0.05) is 40.0 Å². The van der Waals surface area contributed by atoms with Gasteiger partial charge < -0.3 is 19.3 Å². The average Bonchev–Trinajstić information content (AvgIpc) is 2.89. The molecule has 0 aliphatic carbocycles. The normalized spacial score (nSPS) is 27.7. The summed E-state index contributed by atoms with van der Waals surface area (Å²) in [6, 6.07) is 0. The SMILES string of the molecule is CCCCOC[C@H]1SC(CO)[C@H](OCCCC)[C@H]1OCCCC. The van der Waals surface area contributed by atoms with Gasteiger partial charge in [0.2, 0.25) is 0 Å². The Balaban J connectivity index is 2.57. The van der Waals surface area contributed by atoms with Gasteiger partial charge in [-0.15, -0.1) is 11.8 Å². The van der Waals surface area contributed by atoms with Crippen LogP contribution in [-0.4, -0.2) is 60.8 Å². The number of thioether (sulfide) groups is 1. The molecule has 1 fully saturated rings. The molecule has 1 rings (SSSR count). The summed E-state index contributed by atoms with van der Waals surface area (Å²) in [5.74, 6) is 0. The summed E-state index contributed by atoms with van der Waals surface area (Å²) in [5.41, 5.74) is 0. The van der Waals surface area contributed by atoms with Crippen molar-refractivity contribution in [3.05, 3.63) is 0 Å². The van der Waals surface area contributed by atoms with E-state index in [1.165, 1.54) is 0 Å². The third kappa shape index (κ3) is 7.74. The summed E-state index contributed by atoms with van der Waals surface area (Å²) in [6.45, 7) is 9.64. The lowest BCUT2D eigenvalue weighted by Crippen LogP contribution is -2.40. The first-order valence-electron chi connectivity index (χ1n) is 9.35. The van der Waals surface area contributed by atoms with Crippen LogP contribution < -0.4 is 0 Å². The molecule has 0 bridgehead atoms. The van der Waals surface area contributed by atoms with E-state index in [2.05, 4.69) is 20.8 Å². The Bertz CT molecular complexity index is 278. The van der Waals surface area contributed by atoms with Gasteiger partial charge in [0.1, 0.15) is 0 Å². The van der Waals surface area contributed by atoms with Crippen LogP contribution in [0.2, 0.25) is 0 Å². The molecule has 0 aromatic rings. The standard InChI is InChI=1S/C18H36O4S/c1-4-7-10-20-14-16-18(22-12-9-6-3)17(15(13-19)23-16)21-11-8-5-2/h15-19H,4-14H2,1-3H3/t15?,16-,17+,18+/m1/s1. The Hall–Kier alpha value is 0.190. The lowest BCUT2D eigenvalue weighted by atomic mass is 10.1. The highest BCUT2D eigenvalue weighted by Crippen LogP contribution is 2.38. The number of hydrogen-bond donors (Lipinski definition) is 1. The molecular weight excluding hydrogens is 312 g/mol. The van der Waals surface area contributed by atoms with E-state index in [1.807, 2.05) is 0 Å². The van der Waals surface area contributed by atoms with Crippen molar-refractivity contribution in [2.24, 2.45) is 0 Å². The Kier molecular flexibility index (Phi) is 12.4. The van der Waals surface area contributed by atoms with Gasteiger partial charge in [0.25, 0.3) is 0 Å². The smallest absolute Gasteiger partial charge is 0.0989 e. The molecule has 1 N–H and O–H groups in total. The minimum Gasteiger partial charge on any atom is -0.395 e. The number of aliphatic hydroxyl groups excluding tert-OH is 1. The lowest BCUT2D eigenvalue weighted by Gasteiger charge is -2.26. The first kappa shape index (κ1) is 21.2. The summed E-state index contributed by atoms with van der Waals surface area (Å²) in [6.07, 6.45) is 6.62. The van der Waals surface area contributed by atoms with Crippen LogP contribution in [-0.2, 0) is 14.2 Å². The largest absolute Gasteiger partial charge is 0.395 e. The quantitative estimate of drug-likeness (QED) is 0.486. The van der Waals surface area contributed by atoms with Crippen LogP contribution in [0.4, 0.5) is 0 Å². The van der Waals surface area contributed by atoms with Crippen LogP contribution in [0.15, 0.2) is 0 Å². The molecular formula is C18H36O4S. The van der Waals surface area contributed by atoms with Gasteiger partial charge in [0.15, 0.2) is 0 Å². The molecule has 0 spiro atoms. The van der Waals surface area contributed by atoms with Gasteiger partial charge in [-0.2, -0.15) is 0 Å². The van der Waals surface area contributed by atoms with E-state index in [4.69, 9.17) is 14.2 Å². The maximum Gasteiger partial charge on any atom is 0.0989 e. The fourth-order valence-corrected chi connectivity index (χ4v) is 4.15. The van der Waals surface area contributed by atoms with E-state index in [0.717, 1.165) is 58.3 Å². The molecule has 138 valence electrons. The van der Waals surface area contributed by atoms with Crippen molar-refractivity contribution in [3.8, 4) is 0 Å². The first-order valence-corrected chi connectivity index (χ1v) is 10.3. The first-order chi connectivity index (χ1) is 11.3. The Morgan fingerprint density at radius 3 is 1.83 bits per heavy atom. The fraction of sp³-hybridized carbons (Fsp3) is 1.00. The molecule has 0 aromatic carbocycles. The molecule has 5 heteroatoms. The minimum absolute atomic E-state index is 0.0202. The zero-order valence-electron chi connectivity index (χ0n) is 15.2. The van der Waals surface area contributed by atoms with E-state index in [0.29, 0.717) is 6.61 Å². The van der Waals surface area contributed by atoms with E-state index < -0.39 is 0 Å². The van der Waals surface area contributed by atoms with Gasteiger partial charge in [0.05, 0.1) is 35.9 Å². The third-order valence-corrected chi connectivity index (χ3v) is 5.65. The molecule has 0 aromatic heterocycles. The molecule has 23 heavy (non-hydrogen) atoms. The number of ether oxygens (including phenoxy) is 3. The topological polar surface area (TPSA) is 47.9 Å². The van der Waals surface area contributed by atoms with Crippen molar-refractivity contribution in [3.63, 3.8) is 0 Å². The van der Waals surface area contributed by atoms with E-state index in [-0.39, 0.29) is 29.3 Å². The summed E-state index contributed by atoms with van der Waals surface area (Å²) < 4.78 is 18.1. The van der Waals surface area contributed by atoms with Crippen LogP contribution >= 0.6 is 11.8 Å². The molecule has 1 heterocycles. The van der Waals surface area contributed by atoms with Crippen LogP contribution in [0, 0.1) is 0 Å². The van der Waals surface area contributed by atoms with E-state index in [9.17, 15) is 5.11 Å². The van der Waals surface area contributed by atoms with Crippen LogP contribution in [0.3, 0.4) is 0 Å². The van der Waals surface area contributed by atoms with Gasteiger partial charge in [0, 0.05) is 19.8 Å². The molecule has 1 saturated heterocycles. The van der Waals surface area contributed by atoms with Crippen molar-refractivity contribution in [1.82, 2.24) is 0 Å². The van der Waals surface area contributed by atoms with E-state index >= 15 is 0 Å². The Labute approximate surface area is 146 Å². The Morgan fingerprint density at radius 2 is 1.30 bits per heavy atom. The molecule has 0 amide bonds. The zero-order valence-corrected chi connectivity index (χ0v) is 16.0. The van der Waals surface area contributed by atoms with Gasteiger partial charge in [-0.05, 0) is 19.3 Å². The molecule has 4 atom stereocenters.